The van der Waals surface area contributed by atoms with Crippen LogP contribution < -0.4 is 5.32 Å². The lowest BCUT2D eigenvalue weighted by molar-refractivity contribution is -0.170. The van der Waals surface area contributed by atoms with Gasteiger partial charge in [-0.15, -0.1) is 0 Å². The van der Waals surface area contributed by atoms with Crippen molar-refractivity contribution in [3.05, 3.63) is 36.0 Å². The van der Waals surface area contributed by atoms with Gasteiger partial charge in [0, 0.05) is 42.8 Å². The number of aliphatic carboxylic acids is 3. The van der Waals surface area contributed by atoms with Crippen LogP contribution in [-0.2, 0) is 37.0 Å². The van der Waals surface area contributed by atoms with E-state index in [2.05, 4.69) is 52.2 Å². The molecular weight excluding hydrogens is 522 g/mol. The molecule has 2 aromatic rings. The van der Waals surface area contributed by atoms with E-state index in [9.17, 15) is 19.2 Å². The number of benzene rings is 1. The van der Waals surface area contributed by atoms with E-state index in [4.69, 9.17) is 25.2 Å². The minimum absolute atomic E-state index is 0.121. The Kier molecular flexibility index (Phi) is 11.1. The van der Waals surface area contributed by atoms with Crippen LogP contribution in [-0.4, -0.2) is 91.2 Å². The molecule has 5 N–H and O–H groups in total. The summed E-state index contributed by atoms with van der Waals surface area (Å²) in [7, 11) is 0. The summed E-state index contributed by atoms with van der Waals surface area (Å²) in [6.45, 7) is 6.46. The van der Waals surface area contributed by atoms with Crippen LogP contribution in [0.5, 0.6) is 0 Å². The molecular formula is C28H39N3O9. The number of aliphatic hydroxyl groups is 1. The zero-order valence-electron chi connectivity index (χ0n) is 22.8. The number of fused-ring (bicyclic) bond motifs is 1. The van der Waals surface area contributed by atoms with Crippen molar-refractivity contribution in [2.45, 2.75) is 82.7 Å². The highest BCUT2D eigenvalue weighted by Crippen LogP contribution is 2.25. The molecule has 1 aromatic heterocycles. The van der Waals surface area contributed by atoms with Gasteiger partial charge in [-0.1, -0.05) is 25.1 Å². The number of hydrogen-bond donors (Lipinski definition) is 5. The lowest BCUT2D eigenvalue weighted by Crippen LogP contribution is -2.42. The first-order valence-corrected chi connectivity index (χ1v) is 13.6. The average molecular weight is 562 g/mol. The number of carbonyl (C=O) groups excluding carboxylic acids is 1. The van der Waals surface area contributed by atoms with Gasteiger partial charge in [0.1, 0.15) is 6.54 Å². The Balaban J connectivity index is 0.000000289. The predicted octanol–water partition coefficient (Wildman–Crippen LogP) is 2.06. The van der Waals surface area contributed by atoms with Crippen molar-refractivity contribution in [1.82, 2.24) is 14.8 Å². The number of aromatic nitrogens is 1. The molecule has 0 spiro atoms. The van der Waals surface area contributed by atoms with Crippen molar-refractivity contribution in [2.75, 3.05) is 19.7 Å². The van der Waals surface area contributed by atoms with Gasteiger partial charge in [0.2, 0.25) is 5.91 Å². The second-order valence-electron chi connectivity index (χ2n) is 10.5. The lowest BCUT2D eigenvalue weighted by Gasteiger charge is -2.32. The highest BCUT2D eigenvalue weighted by molar-refractivity contribution is 5.88. The van der Waals surface area contributed by atoms with Crippen molar-refractivity contribution in [3.8, 4) is 0 Å². The van der Waals surface area contributed by atoms with E-state index in [0.29, 0.717) is 18.7 Å². The molecule has 1 aliphatic heterocycles. The van der Waals surface area contributed by atoms with Crippen LogP contribution in [0, 0.1) is 0 Å². The second kappa shape index (κ2) is 14.2. The summed E-state index contributed by atoms with van der Waals surface area (Å²) in [6.07, 6.45) is 5.93. The van der Waals surface area contributed by atoms with E-state index in [0.717, 1.165) is 51.0 Å². The van der Waals surface area contributed by atoms with Crippen LogP contribution in [0.4, 0.5) is 0 Å². The van der Waals surface area contributed by atoms with Crippen LogP contribution in [0.3, 0.4) is 0 Å². The molecule has 1 unspecified atom stereocenters. The third-order valence-corrected chi connectivity index (χ3v) is 6.83. The maximum absolute atomic E-state index is 12.3. The van der Waals surface area contributed by atoms with E-state index in [-0.39, 0.29) is 5.91 Å². The quantitative estimate of drug-likeness (QED) is 0.243. The van der Waals surface area contributed by atoms with E-state index in [1.807, 2.05) is 0 Å². The van der Waals surface area contributed by atoms with Crippen LogP contribution in [0.1, 0.15) is 57.4 Å². The Morgan fingerprint density at radius 3 is 2.33 bits per heavy atom. The summed E-state index contributed by atoms with van der Waals surface area (Å²) in [4.78, 5) is 45.3. The number of nitrogens with one attached hydrogen (secondary N) is 1. The first kappa shape index (κ1) is 31.1. The van der Waals surface area contributed by atoms with Crippen LogP contribution >= 0.6 is 0 Å². The molecule has 1 aliphatic carbocycles. The van der Waals surface area contributed by atoms with Gasteiger partial charge in [0.05, 0.1) is 18.9 Å². The van der Waals surface area contributed by atoms with Crippen LogP contribution in [0.15, 0.2) is 30.5 Å². The molecule has 2 aliphatic rings. The van der Waals surface area contributed by atoms with Crippen LogP contribution in [0.25, 0.3) is 10.9 Å². The lowest BCUT2D eigenvalue weighted by atomic mass is 9.96. The van der Waals surface area contributed by atoms with E-state index < -0.39 is 36.4 Å². The number of piperidine rings is 1. The molecule has 1 saturated heterocycles. The number of hydrogen-bond acceptors (Lipinski definition) is 7. The van der Waals surface area contributed by atoms with E-state index in [1.54, 1.807) is 0 Å². The molecule has 1 aromatic carbocycles. The molecule has 12 heteroatoms. The maximum atomic E-state index is 12.3. The largest absolute Gasteiger partial charge is 0.481 e. The summed E-state index contributed by atoms with van der Waals surface area (Å²) in [5.41, 5.74) is -0.285. The van der Waals surface area contributed by atoms with Crippen molar-refractivity contribution in [2.24, 2.45) is 0 Å². The molecule has 220 valence electrons. The van der Waals surface area contributed by atoms with Gasteiger partial charge in [-0.2, -0.15) is 0 Å². The molecule has 0 bridgehead atoms. The molecule has 1 saturated carbocycles. The van der Waals surface area contributed by atoms with Gasteiger partial charge in [-0.3, -0.25) is 19.3 Å². The summed E-state index contributed by atoms with van der Waals surface area (Å²) >= 11 is 0. The van der Waals surface area contributed by atoms with E-state index in [1.165, 1.54) is 23.8 Å². The molecule has 1 amide bonds. The molecule has 4 rings (SSSR count). The molecule has 2 fully saturated rings. The summed E-state index contributed by atoms with van der Waals surface area (Å²) in [5, 5.41) is 38.2. The standard InChI is InChI=1S/C22H31N3O2.C6H8O7/c1-2-12-27-19-6-5-11-24(15-19)13-17-14-25(16-22(26)23-18-9-10-18)21-8-4-3-7-20(17)21;7-3(8)1-6(13,5(11)12)2-4(9)10/h3-4,7-8,14,18-19H,2,5-6,9-13,15-16H2,1H3,(H,23,26);13H,1-2H2,(H,7,8)(H,9,10)(H,11,12). The van der Waals surface area contributed by atoms with Crippen molar-refractivity contribution in [1.29, 1.82) is 0 Å². The van der Waals surface area contributed by atoms with Gasteiger partial charge in [-0.25, -0.2) is 4.79 Å². The Labute approximate surface area is 232 Å². The van der Waals surface area contributed by atoms with Gasteiger partial charge < -0.3 is 35.0 Å². The number of likely N-dealkylation sites (tertiary alicyclic amines) is 1. The van der Waals surface area contributed by atoms with Crippen LogP contribution in [0.2, 0.25) is 0 Å². The van der Waals surface area contributed by atoms with Gasteiger partial charge >= 0.3 is 17.9 Å². The Bertz CT molecular complexity index is 1170. The monoisotopic (exact) mass is 561 g/mol. The van der Waals surface area contributed by atoms with E-state index >= 15 is 0 Å². The van der Waals surface area contributed by atoms with Gasteiger partial charge in [0.25, 0.3) is 0 Å². The maximum Gasteiger partial charge on any atom is 0.336 e. The topological polar surface area (TPSA) is 179 Å². The summed E-state index contributed by atoms with van der Waals surface area (Å²) in [6, 6.07) is 8.84. The minimum Gasteiger partial charge on any atom is -0.481 e. The molecule has 40 heavy (non-hydrogen) atoms. The SMILES string of the molecule is CCCOC1CCCN(Cc2cn(CC(=O)NC3CC3)c3ccccc23)C1.O=C(O)CC(O)(CC(=O)O)C(=O)O. The molecule has 0 radical (unpaired) electrons. The smallest absolute Gasteiger partial charge is 0.336 e. The predicted molar refractivity (Wildman–Crippen MR) is 145 cm³/mol. The minimum atomic E-state index is -2.74. The Morgan fingerprint density at radius 1 is 1.05 bits per heavy atom. The number of para-hydroxylation sites is 1. The average Bonchev–Trinajstić information content (AvgIpc) is 3.63. The molecule has 12 nitrogen and oxygen atoms in total. The number of carboxylic acid groups (broad SMARTS) is 3. The Morgan fingerprint density at radius 2 is 1.73 bits per heavy atom. The number of carboxylic acids is 3. The number of rotatable bonds is 13. The van der Waals surface area contributed by atoms with Gasteiger partial charge in [-0.05, 0) is 50.3 Å². The normalized spacial score (nSPS) is 17.6. The molecule has 2 heterocycles. The number of carbonyl (C=O) groups is 4. The first-order valence-electron chi connectivity index (χ1n) is 13.6. The fraction of sp³-hybridized carbons (Fsp3) is 0.571. The fourth-order valence-corrected chi connectivity index (χ4v) is 4.77. The number of amides is 1. The van der Waals surface area contributed by atoms with Gasteiger partial charge in [0.15, 0.2) is 5.60 Å². The zero-order valence-corrected chi connectivity index (χ0v) is 22.8. The number of nitrogens with zero attached hydrogens (tertiary/aromatic N) is 2. The third-order valence-electron chi connectivity index (χ3n) is 6.83. The molecule has 1 atom stereocenters. The van der Waals surface area contributed by atoms with Crippen molar-refractivity contribution in [3.63, 3.8) is 0 Å². The fourth-order valence-electron chi connectivity index (χ4n) is 4.77. The highest BCUT2D eigenvalue weighted by Gasteiger charge is 2.40. The van der Waals surface area contributed by atoms with Crippen molar-refractivity contribution >= 4 is 34.7 Å². The Hall–Kier alpha value is -3.48. The first-order chi connectivity index (χ1) is 19.0. The third kappa shape index (κ3) is 9.32. The summed E-state index contributed by atoms with van der Waals surface area (Å²) in [5.74, 6) is -4.90. The van der Waals surface area contributed by atoms with Crippen molar-refractivity contribution < 1.29 is 44.3 Å². The second-order valence-corrected chi connectivity index (χ2v) is 10.5. The highest BCUT2D eigenvalue weighted by atomic mass is 16.5. The summed E-state index contributed by atoms with van der Waals surface area (Å²) < 4.78 is 8.10. The zero-order chi connectivity index (χ0) is 29.3. The number of ether oxygens (including phenoxy) is 1.